The molecule has 0 unspecified atom stereocenters. The minimum absolute atomic E-state index is 0.234. The Labute approximate surface area is 136 Å². The zero-order chi connectivity index (χ0) is 17.5. The third kappa shape index (κ3) is 18.4. The summed E-state index contributed by atoms with van der Waals surface area (Å²) >= 11 is 0. The molecule has 0 rings (SSSR count). The molecule has 4 heteroatoms. The lowest BCUT2D eigenvalue weighted by Crippen LogP contribution is -2.12. The van der Waals surface area contributed by atoms with Crippen LogP contribution < -0.4 is 11.5 Å². The molecule has 2 amide bonds. The van der Waals surface area contributed by atoms with Crippen LogP contribution >= 0.6 is 0 Å². The summed E-state index contributed by atoms with van der Waals surface area (Å²) in [6, 6.07) is 0. The maximum absolute atomic E-state index is 10.5. The maximum Gasteiger partial charge on any atom is 0.221 e. The Morgan fingerprint density at radius 1 is 1.05 bits per heavy atom. The highest BCUT2D eigenvalue weighted by molar-refractivity contribution is 5.76. The molecule has 128 valence electrons. The Morgan fingerprint density at radius 3 is 1.95 bits per heavy atom. The zero-order valence-corrected chi connectivity index (χ0v) is 14.8. The lowest BCUT2D eigenvalue weighted by Gasteiger charge is -2.04. The molecule has 4 nitrogen and oxygen atoms in total. The van der Waals surface area contributed by atoms with E-state index >= 15 is 0 Å². The second kappa shape index (κ2) is 14.4. The van der Waals surface area contributed by atoms with E-state index in [0.29, 0.717) is 18.8 Å². The number of nitrogens with two attached hydrogens (primary N) is 2. The second-order valence-electron chi connectivity index (χ2n) is 6.00. The minimum atomic E-state index is -0.297. The first-order valence-electron chi connectivity index (χ1n) is 8.10. The number of hydrogen-bond acceptors (Lipinski definition) is 2. The lowest BCUT2D eigenvalue weighted by atomic mass is 10.0. The average Bonchev–Trinajstić information content (AvgIpc) is 2.37. The van der Waals surface area contributed by atoms with E-state index in [1.165, 1.54) is 25.7 Å². The van der Waals surface area contributed by atoms with E-state index in [-0.39, 0.29) is 11.8 Å². The molecular formula is C18H34N2O2. The monoisotopic (exact) mass is 310 g/mol. The zero-order valence-electron chi connectivity index (χ0n) is 14.8. The van der Waals surface area contributed by atoms with E-state index in [9.17, 15) is 9.59 Å². The molecule has 0 aliphatic rings. The average molecular weight is 310 g/mol. The summed E-state index contributed by atoms with van der Waals surface area (Å²) < 4.78 is 0. The van der Waals surface area contributed by atoms with Crippen LogP contribution in [0.1, 0.15) is 72.6 Å². The van der Waals surface area contributed by atoms with Gasteiger partial charge in [-0.15, -0.1) is 0 Å². The van der Waals surface area contributed by atoms with Crippen LogP contribution in [0, 0.1) is 5.92 Å². The van der Waals surface area contributed by atoms with Gasteiger partial charge in [0.2, 0.25) is 11.8 Å². The third-order valence-corrected chi connectivity index (χ3v) is 3.22. The van der Waals surface area contributed by atoms with Crippen LogP contribution in [-0.4, -0.2) is 11.8 Å². The number of allylic oxidation sites excluding steroid dienone is 1. The molecule has 0 aromatic rings. The smallest absolute Gasteiger partial charge is 0.221 e. The molecule has 0 radical (unpaired) electrons. The van der Waals surface area contributed by atoms with Gasteiger partial charge in [-0.2, -0.15) is 0 Å². The molecule has 22 heavy (non-hydrogen) atoms. The van der Waals surface area contributed by atoms with Crippen molar-refractivity contribution in [1.82, 2.24) is 0 Å². The molecular weight excluding hydrogens is 276 g/mol. The molecule has 0 spiro atoms. The Morgan fingerprint density at radius 2 is 1.59 bits per heavy atom. The largest absolute Gasteiger partial charge is 0.369 e. The van der Waals surface area contributed by atoms with Gasteiger partial charge in [-0.3, -0.25) is 9.59 Å². The van der Waals surface area contributed by atoms with Crippen LogP contribution in [0.5, 0.6) is 0 Å². The number of carbonyl (C=O) groups excluding carboxylic acids is 2. The highest BCUT2D eigenvalue weighted by Crippen LogP contribution is 2.09. The SMILES string of the molecule is C=C(CC(N)=O)C(C)C.CCCCCC/C=C(\C)CC(N)=O. The molecule has 4 N–H and O–H groups in total. The van der Waals surface area contributed by atoms with Crippen molar-refractivity contribution in [2.24, 2.45) is 17.4 Å². The summed E-state index contributed by atoms with van der Waals surface area (Å²) in [5.41, 5.74) is 12.0. The van der Waals surface area contributed by atoms with Crippen LogP contribution in [0.4, 0.5) is 0 Å². The van der Waals surface area contributed by atoms with E-state index in [1.54, 1.807) is 0 Å². The maximum atomic E-state index is 10.5. The summed E-state index contributed by atoms with van der Waals surface area (Å²) in [4.78, 5) is 20.8. The van der Waals surface area contributed by atoms with Crippen molar-refractivity contribution in [1.29, 1.82) is 0 Å². The minimum Gasteiger partial charge on any atom is -0.369 e. The van der Waals surface area contributed by atoms with Crippen molar-refractivity contribution in [2.45, 2.75) is 72.6 Å². The topological polar surface area (TPSA) is 86.2 Å². The van der Waals surface area contributed by atoms with Crippen molar-refractivity contribution >= 4 is 11.8 Å². The van der Waals surface area contributed by atoms with Gasteiger partial charge in [0.25, 0.3) is 0 Å². The third-order valence-electron chi connectivity index (χ3n) is 3.22. The van der Waals surface area contributed by atoms with Gasteiger partial charge in [-0.05, 0) is 25.7 Å². The first-order chi connectivity index (χ1) is 10.2. The lowest BCUT2D eigenvalue weighted by molar-refractivity contribution is -0.118. The number of hydrogen-bond donors (Lipinski definition) is 2. The number of unbranched alkanes of at least 4 members (excludes halogenated alkanes) is 4. The van der Waals surface area contributed by atoms with Crippen LogP contribution in [0.2, 0.25) is 0 Å². The van der Waals surface area contributed by atoms with E-state index in [2.05, 4.69) is 19.6 Å². The molecule has 0 bridgehead atoms. The van der Waals surface area contributed by atoms with Crippen molar-refractivity contribution < 1.29 is 9.59 Å². The molecule has 0 aliphatic carbocycles. The fourth-order valence-corrected chi connectivity index (χ4v) is 1.69. The summed E-state index contributed by atoms with van der Waals surface area (Å²) in [5.74, 6) is -0.173. The fourth-order valence-electron chi connectivity index (χ4n) is 1.69. The Hall–Kier alpha value is -1.58. The first kappa shape index (κ1) is 22.7. The number of amides is 2. The number of rotatable bonds is 10. The van der Waals surface area contributed by atoms with Crippen molar-refractivity contribution in [3.05, 3.63) is 23.8 Å². The number of carbonyl (C=O) groups is 2. The van der Waals surface area contributed by atoms with Gasteiger partial charge in [0.1, 0.15) is 0 Å². The standard InChI is InChI=1S/C11H21NO.C7H13NO/c1-3-4-5-6-7-8-10(2)9-11(12)13;1-5(2)6(3)4-7(8)9/h8H,3-7,9H2,1-2H3,(H2,12,13);5H,3-4H2,1-2H3,(H2,8,9)/b10-8+;. The van der Waals surface area contributed by atoms with E-state index in [1.807, 2.05) is 20.8 Å². The highest BCUT2D eigenvalue weighted by Gasteiger charge is 2.02. The van der Waals surface area contributed by atoms with Crippen molar-refractivity contribution in [2.75, 3.05) is 0 Å². The van der Waals surface area contributed by atoms with Gasteiger partial charge in [0.05, 0.1) is 0 Å². The summed E-state index contributed by atoms with van der Waals surface area (Å²) in [6.07, 6.45) is 9.03. The molecule has 0 saturated heterocycles. The highest BCUT2D eigenvalue weighted by atomic mass is 16.1. The molecule has 0 fully saturated rings. The second-order valence-corrected chi connectivity index (χ2v) is 6.00. The van der Waals surface area contributed by atoms with Crippen molar-refractivity contribution in [3.8, 4) is 0 Å². The Kier molecular flexibility index (Phi) is 14.8. The van der Waals surface area contributed by atoms with Gasteiger partial charge in [-0.25, -0.2) is 0 Å². The predicted octanol–water partition coefficient (Wildman–Crippen LogP) is 3.85. The van der Waals surface area contributed by atoms with Crippen LogP contribution in [-0.2, 0) is 9.59 Å². The quantitative estimate of drug-likeness (QED) is 0.474. The van der Waals surface area contributed by atoms with Crippen molar-refractivity contribution in [3.63, 3.8) is 0 Å². The first-order valence-corrected chi connectivity index (χ1v) is 8.10. The predicted molar refractivity (Wildman–Crippen MR) is 94.1 cm³/mol. The summed E-state index contributed by atoms with van der Waals surface area (Å²) in [5, 5.41) is 0. The van der Waals surface area contributed by atoms with Gasteiger partial charge in [0.15, 0.2) is 0 Å². The number of primary amides is 2. The van der Waals surface area contributed by atoms with E-state index in [0.717, 1.165) is 17.6 Å². The van der Waals surface area contributed by atoms with Gasteiger partial charge >= 0.3 is 0 Å². The van der Waals surface area contributed by atoms with Gasteiger partial charge in [0, 0.05) is 12.8 Å². The van der Waals surface area contributed by atoms with Gasteiger partial charge in [-0.1, -0.05) is 63.8 Å². The van der Waals surface area contributed by atoms with E-state index < -0.39 is 0 Å². The molecule has 0 aromatic heterocycles. The Bertz CT molecular complexity index is 371. The van der Waals surface area contributed by atoms with Crippen LogP contribution in [0.3, 0.4) is 0 Å². The Balaban J connectivity index is 0. The normalized spacial score (nSPS) is 10.9. The fraction of sp³-hybridized carbons (Fsp3) is 0.667. The van der Waals surface area contributed by atoms with Gasteiger partial charge < -0.3 is 11.5 Å². The van der Waals surface area contributed by atoms with Crippen LogP contribution in [0.15, 0.2) is 23.8 Å². The molecule has 0 saturated carbocycles. The summed E-state index contributed by atoms with van der Waals surface area (Å²) in [7, 11) is 0. The molecule has 0 heterocycles. The van der Waals surface area contributed by atoms with E-state index in [4.69, 9.17) is 11.5 Å². The molecule has 0 aliphatic heterocycles. The summed E-state index contributed by atoms with van der Waals surface area (Å²) in [6.45, 7) is 11.8. The molecule has 0 atom stereocenters. The molecule has 0 aromatic carbocycles. The van der Waals surface area contributed by atoms with Crippen LogP contribution in [0.25, 0.3) is 0 Å².